The Bertz CT molecular complexity index is 1260. The maximum absolute atomic E-state index is 12.8. The van der Waals surface area contributed by atoms with E-state index < -0.39 is 21.2 Å². The van der Waals surface area contributed by atoms with Gasteiger partial charge in [-0.2, -0.15) is 0 Å². The minimum Gasteiger partial charge on any atom is -0.478 e. The summed E-state index contributed by atoms with van der Waals surface area (Å²) < 4.78 is 37.6. The number of thiazole rings is 1. The lowest BCUT2D eigenvalue weighted by molar-refractivity contribution is -0.114. The quantitative estimate of drug-likeness (QED) is 0.667. The van der Waals surface area contributed by atoms with Crippen molar-refractivity contribution in [3.05, 3.63) is 71.5 Å². The predicted molar refractivity (Wildman–Crippen MR) is 109 cm³/mol. The second kappa shape index (κ2) is 7.34. The Morgan fingerprint density at radius 1 is 1.17 bits per heavy atom. The summed E-state index contributed by atoms with van der Waals surface area (Å²) in [6, 6.07) is 11.6. The smallest absolute Gasteiger partial charge is 0.248 e. The number of sulfone groups is 1. The number of amides is 1. The van der Waals surface area contributed by atoms with E-state index in [-0.39, 0.29) is 10.5 Å². The molecule has 0 saturated carbocycles. The number of ether oxygens (including phenoxy) is 2. The van der Waals surface area contributed by atoms with Crippen LogP contribution in [0.2, 0.25) is 0 Å². The molecule has 148 valence electrons. The SMILES string of the molecule is Cc1nc2cc(Oc3ccc(S(=O)(=O)C4C=C(C(N)=O)C=CO4)cc3)ccc2s1. The van der Waals surface area contributed by atoms with Gasteiger partial charge in [0.05, 0.1) is 26.4 Å². The maximum atomic E-state index is 12.8. The van der Waals surface area contributed by atoms with E-state index >= 15 is 0 Å². The highest BCUT2D eigenvalue weighted by molar-refractivity contribution is 7.92. The molecule has 1 aromatic heterocycles. The van der Waals surface area contributed by atoms with Crippen LogP contribution >= 0.6 is 11.3 Å². The van der Waals surface area contributed by atoms with Crippen molar-refractivity contribution in [2.75, 3.05) is 0 Å². The van der Waals surface area contributed by atoms with Crippen LogP contribution in [0.1, 0.15) is 5.01 Å². The lowest BCUT2D eigenvalue weighted by Gasteiger charge is -2.18. The number of carbonyl (C=O) groups excluding carboxylic acids is 1. The molecule has 0 spiro atoms. The molecule has 0 saturated heterocycles. The van der Waals surface area contributed by atoms with Crippen molar-refractivity contribution in [3.8, 4) is 11.5 Å². The molecule has 29 heavy (non-hydrogen) atoms. The molecule has 1 aliphatic heterocycles. The van der Waals surface area contributed by atoms with E-state index in [9.17, 15) is 13.2 Å². The average molecular weight is 428 g/mol. The molecule has 2 heterocycles. The average Bonchev–Trinajstić information content (AvgIpc) is 3.08. The number of rotatable bonds is 5. The van der Waals surface area contributed by atoms with E-state index in [0.29, 0.717) is 11.5 Å². The summed E-state index contributed by atoms with van der Waals surface area (Å²) in [6.45, 7) is 1.94. The first-order valence-electron chi connectivity index (χ1n) is 8.55. The number of nitrogens with two attached hydrogens (primary N) is 1. The van der Waals surface area contributed by atoms with Crippen molar-refractivity contribution in [3.63, 3.8) is 0 Å². The minimum absolute atomic E-state index is 0.0378. The van der Waals surface area contributed by atoms with Gasteiger partial charge in [0.2, 0.25) is 21.2 Å². The van der Waals surface area contributed by atoms with Gasteiger partial charge in [-0.15, -0.1) is 11.3 Å². The number of nitrogens with zero attached hydrogens (tertiary/aromatic N) is 1. The number of hydrogen-bond acceptors (Lipinski definition) is 7. The Hall–Kier alpha value is -3.17. The Morgan fingerprint density at radius 3 is 2.62 bits per heavy atom. The van der Waals surface area contributed by atoms with Crippen molar-refractivity contribution in [2.45, 2.75) is 17.3 Å². The fourth-order valence-electron chi connectivity index (χ4n) is 2.81. The molecular formula is C20H16N2O5S2. The van der Waals surface area contributed by atoms with Gasteiger partial charge in [0, 0.05) is 11.6 Å². The van der Waals surface area contributed by atoms with Gasteiger partial charge < -0.3 is 15.2 Å². The van der Waals surface area contributed by atoms with Crippen molar-refractivity contribution >= 4 is 37.3 Å². The summed E-state index contributed by atoms with van der Waals surface area (Å²) in [5, 5.41) is 0.972. The molecule has 4 rings (SSSR count). The Labute approximate surface area is 171 Å². The van der Waals surface area contributed by atoms with Crippen LogP contribution in [0.4, 0.5) is 0 Å². The van der Waals surface area contributed by atoms with Crippen molar-refractivity contribution in [1.82, 2.24) is 4.98 Å². The molecule has 1 amide bonds. The van der Waals surface area contributed by atoms with Crippen LogP contribution in [0.25, 0.3) is 10.2 Å². The van der Waals surface area contributed by atoms with Gasteiger partial charge in [0.1, 0.15) is 11.5 Å². The van der Waals surface area contributed by atoms with Crippen molar-refractivity contribution in [1.29, 1.82) is 0 Å². The van der Waals surface area contributed by atoms with Crippen LogP contribution in [0, 0.1) is 6.92 Å². The highest BCUT2D eigenvalue weighted by Crippen LogP contribution is 2.30. The molecule has 1 atom stereocenters. The second-order valence-electron chi connectivity index (χ2n) is 6.27. The largest absolute Gasteiger partial charge is 0.478 e. The second-order valence-corrected chi connectivity index (χ2v) is 9.54. The van der Waals surface area contributed by atoms with Crippen LogP contribution < -0.4 is 10.5 Å². The zero-order valence-electron chi connectivity index (χ0n) is 15.2. The van der Waals surface area contributed by atoms with Crippen molar-refractivity contribution in [2.24, 2.45) is 5.73 Å². The lowest BCUT2D eigenvalue weighted by atomic mass is 10.2. The molecule has 0 aliphatic carbocycles. The number of hydrogen-bond donors (Lipinski definition) is 1. The third-order valence-electron chi connectivity index (χ3n) is 4.22. The highest BCUT2D eigenvalue weighted by Gasteiger charge is 2.29. The van der Waals surface area contributed by atoms with E-state index in [1.807, 2.05) is 25.1 Å². The minimum atomic E-state index is -3.87. The number of primary amides is 1. The van der Waals surface area contributed by atoms with Gasteiger partial charge in [-0.25, -0.2) is 13.4 Å². The standard InChI is InChI=1S/C20H16N2O5S2/c1-12-22-17-11-15(4-7-18(17)28-12)27-14-2-5-16(6-3-14)29(24,25)19-10-13(20(21)23)8-9-26-19/h2-11,19H,1H3,(H2,21,23). The zero-order chi connectivity index (χ0) is 20.6. The molecule has 2 N–H and O–H groups in total. The van der Waals surface area contributed by atoms with E-state index in [4.69, 9.17) is 15.2 Å². The molecular weight excluding hydrogens is 412 g/mol. The summed E-state index contributed by atoms with van der Waals surface area (Å²) in [5.41, 5.74) is 4.82. The molecule has 0 radical (unpaired) electrons. The summed E-state index contributed by atoms with van der Waals surface area (Å²) >= 11 is 1.60. The maximum Gasteiger partial charge on any atom is 0.248 e. The van der Waals surface area contributed by atoms with Gasteiger partial charge in [0.25, 0.3) is 0 Å². The fourth-order valence-corrected chi connectivity index (χ4v) is 4.94. The van der Waals surface area contributed by atoms with Crippen molar-refractivity contribution < 1.29 is 22.7 Å². The van der Waals surface area contributed by atoms with Gasteiger partial charge in [-0.1, -0.05) is 0 Å². The molecule has 1 unspecified atom stereocenters. The van der Waals surface area contributed by atoms with Gasteiger partial charge in [-0.3, -0.25) is 4.79 Å². The number of aryl methyl sites for hydroxylation is 1. The van der Waals surface area contributed by atoms with Gasteiger partial charge >= 0.3 is 0 Å². The first kappa shape index (κ1) is 19.2. The highest BCUT2D eigenvalue weighted by atomic mass is 32.2. The number of aromatic nitrogens is 1. The van der Waals surface area contributed by atoms with E-state index in [1.165, 1.54) is 24.3 Å². The normalized spacial score (nSPS) is 16.3. The zero-order valence-corrected chi connectivity index (χ0v) is 16.9. The summed E-state index contributed by atoms with van der Waals surface area (Å²) in [5.74, 6) is 0.363. The number of fused-ring (bicyclic) bond motifs is 1. The molecule has 0 fully saturated rings. The Balaban J connectivity index is 1.55. The third kappa shape index (κ3) is 3.87. The molecule has 7 nitrogen and oxygen atoms in total. The van der Waals surface area contributed by atoms with E-state index in [0.717, 1.165) is 21.5 Å². The summed E-state index contributed by atoms with van der Waals surface area (Å²) in [7, 11) is -3.87. The number of benzene rings is 2. The van der Waals surface area contributed by atoms with Crippen LogP contribution in [-0.2, 0) is 19.4 Å². The molecule has 9 heteroatoms. The fraction of sp³-hybridized carbons (Fsp3) is 0.100. The van der Waals surface area contributed by atoms with Crippen LogP contribution in [0.15, 0.2) is 71.3 Å². The molecule has 3 aromatic rings. The monoisotopic (exact) mass is 428 g/mol. The molecule has 2 aromatic carbocycles. The first-order chi connectivity index (χ1) is 13.8. The van der Waals surface area contributed by atoms with Crippen LogP contribution in [0.5, 0.6) is 11.5 Å². The van der Waals surface area contributed by atoms with Gasteiger partial charge in [0.15, 0.2) is 0 Å². The summed E-state index contributed by atoms with van der Waals surface area (Å²) in [4.78, 5) is 15.8. The number of carbonyl (C=O) groups is 1. The molecule has 1 aliphatic rings. The van der Waals surface area contributed by atoms with E-state index in [2.05, 4.69) is 4.98 Å². The Kier molecular flexibility index (Phi) is 4.85. The van der Waals surface area contributed by atoms with Gasteiger partial charge in [-0.05, 0) is 55.5 Å². The lowest BCUT2D eigenvalue weighted by Crippen LogP contribution is -2.25. The van der Waals surface area contributed by atoms with Crippen LogP contribution in [-0.4, -0.2) is 24.7 Å². The molecule has 0 bridgehead atoms. The van der Waals surface area contributed by atoms with Crippen LogP contribution in [0.3, 0.4) is 0 Å². The third-order valence-corrected chi connectivity index (χ3v) is 6.96. The Morgan fingerprint density at radius 2 is 1.90 bits per heavy atom. The predicted octanol–water partition coefficient (Wildman–Crippen LogP) is 3.45. The van der Waals surface area contributed by atoms with E-state index in [1.54, 1.807) is 23.5 Å². The first-order valence-corrected chi connectivity index (χ1v) is 10.9. The topological polar surface area (TPSA) is 109 Å². The summed E-state index contributed by atoms with van der Waals surface area (Å²) in [6.07, 6.45) is 3.66.